The van der Waals surface area contributed by atoms with Gasteiger partial charge in [-0.25, -0.2) is 9.07 Å². The summed E-state index contributed by atoms with van der Waals surface area (Å²) in [7, 11) is 0. The number of carbonyl (C=O) groups is 1. The predicted molar refractivity (Wildman–Crippen MR) is 68.4 cm³/mol. The van der Waals surface area contributed by atoms with Crippen LogP contribution in [0.5, 0.6) is 0 Å². The molecular weight excluding hydrogens is 263 g/mol. The quantitative estimate of drug-likeness (QED) is 0.866. The molecule has 0 bridgehead atoms. The van der Waals surface area contributed by atoms with Crippen LogP contribution in [0.15, 0.2) is 24.3 Å². The van der Waals surface area contributed by atoms with E-state index in [0.717, 1.165) is 5.56 Å². The van der Waals surface area contributed by atoms with Crippen molar-refractivity contribution in [2.24, 2.45) is 5.92 Å². The first-order chi connectivity index (χ1) is 9.56. The number of tetrazole rings is 1. The summed E-state index contributed by atoms with van der Waals surface area (Å²) in [6, 6.07) is 6.23. The second-order valence-electron chi connectivity index (χ2n) is 4.65. The largest absolute Gasteiger partial charge is 0.481 e. The maximum Gasteiger partial charge on any atom is 0.306 e. The van der Waals surface area contributed by atoms with Crippen molar-refractivity contribution in [3.63, 3.8) is 0 Å². The van der Waals surface area contributed by atoms with E-state index in [4.69, 9.17) is 5.11 Å². The zero-order valence-electron chi connectivity index (χ0n) is 11.0. The van der Waals surface area contributed by atoms with E-state index in [1.165, 1.54) is 12.1 Å². The average Bonchev–Trinajstić information content (AvgIpc) is 2.83. The minimum absolute atomic E-state index is 0.305. The maximum atomic E-state index is 13.1. The third-order valence-electron chi connectivity index (χ3n) is 3.05. The molecule has 7 heteroatoms. The van der Waals surface area contributed by atoms with E-state index in [1.54, 1.807) is 23.7 Å². The van der Waals surface area contributed by atoms with Gasteiger partial charge in [0.2, 0.25) is 0 Å². The number of benzene rings is 1. The summed E-state index contributed by atoms with van der Waals surface area (Å²) in [5.41, 5.74) is 0.771. The first-order valence-electron chi connectivity index (χ1n) is 6.28. The zero-order valence-corrected chi connectivity index (χ0v) is 11.0. The number of aromatic nitrogens is 4. The number of hydrogen-bond acceptors (Lipinski definition) is 4. The molecule has 6 nitrogen and oxygen atoms in total. The van der Waals surface area contributed by atoms with Gasteiger partial charge in [0.25, 0.3) is 0 Å². The van der Waals surface area contributed by atoms with Crippen LogP contribution in [0.2, 0.25) is 0 Å². The van der Waals surface area contributed by atoms with Gasteiger partial charge in [0.15, 0.2) is 5.82 Å². The lowest BCUT2D eigenvalue weighted by atomic mass is 10.1. The fourth-order valence-corrected chi connectivity index (χ4v) is 1.79. The SMILES string of the molecule is CC(CCn1nnnc1Cc1cccc(F)c1)C(=O)O. The summed E-state index contributed by atoms with van der Waals surface area (Å²) in [6.45, 7) is 2.06. The minimum atomic E-state index is -0.843. The molecule has 0 spiro atoms. The lowest BCUT2D eigenvalue weighted by Crippen LogP contribution is -2.15. The highest BCUT2D eigenvalue weighted by atomic mass is 19.1. The Morgan fingerprint density at radius 1 is 1.50 bits per heavy atom. The second-order valence-corrected chi connectivity index (χ2v) is 4.65. The molecule has 0 fully saturated rings. The van der Waals surface area contributed by atoms with Gasteiger partial charge in [-0.05, 0) is 34.5 Å². The normalized spacial score (nSPS) is 12.3. The van der Waals surface area contributed by atoms with Gasteiger partial charge < -0.3 is 5.11 Å². The van der Waals surface area contributed by atoms with Crippen molar-refractivity contribution in [1.82, 2.24) is 20.2 Å². The molecule has 1 aromatic carbocycles. The van der Waals surface area contributed by atoms with E-state index in [1.807, 2.05) is 0 Å². The molecule has 106 valence electrons. The molecule has 0 saturated carbocycles. The van der Waals surface area contributed by atoms with Crippen LogP contribution in [0.3, 0.4) is 0 Å². The van der Waals surface area contributed by atoms with Crippen LogP contribution in [-0.2, 0) is 17.8 Å². The first-order valence-corrected chi connectivity index (χ1v) is 6.28. The number of rotatable bonds is 6. The van der Waals surface area contributed by atoms with Crippen molar-refractivity contribution in [3.8, 4) is 0 Å². The Labute approximate surface area is 115 Å². The zero-order chi connectivity index (χ0) is 14.5. The smallest absolute Gasteiger partial charge is 0.306 e. The Morgan fingerprint density at radius 2 is 2.30 bits per heavy atom. The van der Waals surface area contributed by atoms with E-state index in [9.17, 15) is 9.18 Å². The summed E-state index contributed by atoms with van der Waals surface area (Å²) in [4.78, 5) is 10.8. The van der Waals surface area contributed by atoms with Crippen LogP contribution >= 0.6 is 0 Å². The molecule has 0 saturated heterocycles. The topological polar surface area (TPSA) is 80.9 Å². The van der Waals surface area contributed by atoms with Crippen molar-refractivity contribution in [2.45, 2.75) is 26.3 Å². The summed E-state index contributed by atoms with van der Waals surface area (Å²) in [5, 5.41) is 20.2. The summed E-state index contributed by atoms with van der Waals surface area (Å²) in [5.74, 6) is -1.01. The van der Waals surface area contributed by atoms with Crippen LogP contribution in [-0.4, -0.2) is 31.3 Å². The van der Waals surface area contributed by atoms with E-state index >= 15 is 0 Å². The number of aryl methyl sites for hydroxylation is 1. The van der Waals surface area contributed by atoms with Gasteiger partial charge in [-0.3, -0.25) is 4.79 Å². The first kappa shape index (κ1) is 14.1. The van der Waals surface area contributed by atoms with E-state index in [-0.39, 0.29) is 5.82 Å². The van der Waals surface area contributed by atoms with Crippen molar-refractivity contribution in [3.05, 3.63) is 41.5 Å². The van der Waals surface area contributed by atoms with Crippen LogP contribution in [0, 0.1) is 11.7 Å². The van der Waals surface area contributed by atoms with E-state index in [2.05, 4.69) is 15.5 Å². The Kier molecular flexibility index (Phi) is 4.39. The van der Waals surface area contributed by atoms with Crippen LogP contribution in [0.25, 0.3) is 0 Å². The monoisotopic (exact) mass is 278 g/mol. The molecule has 20 heavy (non-hydrogen) atoms. The lowest BCUT2D eigenvalue weighted by molar-refractivity contribution is -0.141. The molecule has 1 unspecified atom stereocenters. The molecule has 1 heterocycles. The predicted octanol–water partition coefficient (Wildman–Crippen LogP) is 1.51. The van der Waals surface area contributed by atoms with E-state index in [0.29, 0.717) is 25.2 Å². The third kappa shape index (κ3) is 3.59. The minimum Gasteiger partial charge on any atom is -0.481 e. The number of aliphatic carboxylic acids is 1. The second kappa shape index (κ2) is 6.23. The Balaban J connectivity index is 2.03. The van der Waals surface area contributed by atoms with Gasteiger partial charge in [-0.1, -0.05) is 19.1 Å². The van der Waals surface area contributed by atoms with Gasteiger partial charge in [0.1, 0.15) is 5.82 Å². The summed E-state index contributed by atoms with van der Waals surface area (Å²) < 4.78 is 14.7. The fourth-order valence-electron chi connectivity index (χ4n) is 1.79. The van der Waals surface area contributed by atoms with Crippen molar-refractivity contribution < 1.29 is 14.3 Å². The number of halogens is 1. The molecule has 1 aromatic heterocycles. The van der Waals surface area contributed by atoms with Crippen LogP contribution in [0.1, 0.15) is 24.7 Å². The Morgan fingerprint density at radius 3 is 3.00 bits per heavy atom. The van der Waals surface area contributed by atoms with Crippen molar-refractivity contribution in [1.29, 1.82) is 0 Å². The average molecular weight is 278 g/mol. The number of hydrogen-bond donors (Lipinski definition) is 1. The molecular formula is C13H15FN4O2. The van der Waals surface area contributed by atoms with E-state index < -0.39 is 11.9 Å². The van der Waals surface area contributed by atoms with Gasteiger partial charge in [0.05, 0.1) is 5.92 Å². The summed E-state index contributed by atoms with van der Waals surface area (Å²) in [6.07, 6.45) is 0.850. The maximum absolute atomic E-state index is 13.1. The third-order valence-corrected chi connectivity index (χ3v) is 3.05. The standard InChI is InChI=1S/C13H15FN4O2/c1-9(13(19)20)5-6-18-12(15-16-17-18)8-10-3-2-4-11(14)7-10/h2-4,7,9H,5-6,8H2,1H3,(H,19,20). The van der Waals surface area contributed by atoms with Gasteiger partial charge in [-0.2, -0.15) is 0 Å². The molecule has 2 aromatic rings. The molecule has 0 aliphatic carbocycles. The molecule has 2 rings (SSSR count). The highest BCUT2D eigenvalue weighted by molar-refractivity contribution is 5.69. The van der Waals surface area contributed by atoms with Gasteiger partial charge >= 0.3 is 5.97 Å². The van der Waals surface area contributed by atoms with Gasteiger partial charge in [0, 0.05) is 13.0 Å². The van der Waals surface area contributed by atoms with Gasteiger partial charge in [-0.15, -0.1) is 5.10 Å². The molecule has 0 aliphatic rings. The fraction of sp³-hybridized carbons (Fsp3) is 0.385. The number of carboxylic acid groups (broad SMARTS) is 1. The summed E-state index contributed by atoms with van der Waals surface area (Å²) >= 11 is 0. The molecule has 0 radical (unpaired) electrons. The highest BCUT2D eigenvalue weighted by Crippen LogP contribution is 2.10. The molecule has 1 N–H and O–H groups in total. The van der Waals surface area contributed by atoms with Crippen LogP contribution < -0.4 is 0 Å². The highest BCUT2D eigenvalue weighted by Gasteiger charge is 2.13. The number of nitrogens with zero attached hydrogens (tertiary/aromatic N) is 4. The Hall–Kier alpha value is -2.31. The number of carboxylic acids is 1. The lowest BCUT2D eigenvalue weighted by Gasteiger charge is -2.07. The molecule has 0 amide bonds. The Bertz CT molecular complexity index is 600. The van der Waals surface area contributed by atoms with Crippen molar-refractivity contribution >= 4 is 5.97 Å². The van der Waals surface area contributed by atoms with Crippen molar-refractivity contribution in [2.75, 3.05) is 0 Å². The molecule has 0 aliphatic heterocycles. The molecule has 1 atom stereocenters. The van der Waals surface area contributed by atoms with Crippen LogP contribution in [0.4, 0.5) is 4.39 Å².